The Hall–Kier alpha value is -0.940. The van der Waals surface area contributed by atoms with Crippen molar-refractivity contribution < 1.29 is 10.2 Å². The molecule has 5 nitrogen and oxygen atoms in total. The van der Waals surface area contributed by atoms with Crippen molar-refractivity contribution in [3.05, 3.63) is 11.4 Å². The molecule has 1 aliphatic rings. The highest BCUT2D eigenvalue weighted by Crippen LogP contribution is 2.37. The molecule has 0 radical (unpaired) electrons. The predicted molar refractivity (Wildman–Crippen MR) is 49.6 cm³/mol. The van der Waals surface area contributed by atoms with Crippen molar-refractivity contribution in [1.82, 2.24) is 15.0 Å². The molecule has 5 heteroatoms. The fraction of sp³-hybridized carbons (Fsp3) is 0.778. The van der Waals surface area contributed by atoms with E-state index in [-0.39, 0.29) is 13.2 Å². The Morgan fingerprint density at radius 3 is 2.64 bits per heavy atom. The summed E-state index contributed by atoms with van der Waals surface area (Å²) in [5, 5.41) is 25.8. The first-order chi connectivity index (χ1) is 6.86. The zero-order valence-electron chi connectivity index (χ0n) is 8.06. The van der Waals surface area contributed by atoms with Gasteiger partial charge in [0.1, 0.15) is 5.69 Å². The van der Waals surface area contributed by atoms with Crippen molar-refractivity contribution in [2.45, 2.75) is 38.3 Å². The van der Waals surface area contributed by atoms with Crippen LogP contribution in [0.1, 0.15) is 36.6 Å². The Balaban J connectivity index is 2.25. The van der Waals surface area contributed by atoms with Gasteiger partial charge in [-0.2, -0.15) is 0 Å². The van der Waals surface area contributed by atoms with Gasteiger partial charge >= 0.3 is 0 Å². The number of nitrogens with zero attached hydrogens (tertiary/aromatic N) is 3. The van der Waals surface area contributed by atoms with Crippen LogP contribution in [0.3, 0.4) is 0 Å². The Morgan fingerprint density at radius 2 is 2.14 bits per heavy atom. The van der Waals surface area contributed by atoms with Crippen molar-refractivity contribution in [1.29, 1.82) is 0 Å². The van der Waals surface area contributed by atoms with Crippen LogP contribution in [0.2, 0.25) is 0 Å². The molecule has 1 aromatic heterocycles. The van der Waals surface area contributed by atoms with Crippen molar-refractivity contribution in [2.24, 2.45) is 0 Å². The van der Waals surface area contributed by atoms with E-state index >= 15 is 0 Å². The van der Waals surface area contributed by atoms with Gasteiger partial charge in [0.2, 0.25) is 0 Å². The summed E-state index contributed by atoms with van der Waals surface area (Å²) in [7, 11) is 0. The normalized spacial score (nSPS) is 17.0. The summed E-state index contributed by atoms with van der Waals surface area (Å²) >= 11 is 0. The average molecular weight is 197 g/mol. The van der Waals surface area contributed by atoms with Crippen LogP contribution < -0.4 is 0 Å². The van der Waals surface area contributed by atoms with E-state index in [1.807, 2.05) is 0 Å². The molecule has 2 N–H and O–H groups in total. The maximum Gasteiger partial charge on any atom is 0.112 e. The van der Waals surface area contributed by atoms with Gasteiger partial charge in [0.25, 0.3) is 0 Å². The molecule has 0 spiro atoms. The van der Waals surface area contributed by atoms with Crippen LogP contribution in [-0.4, -0.2) is 31.8 Å². The third-order valence-electron chi connectivity index (χ3n) is 2.80. The molecule has 0 aliphatic heterocycles. The van der Waals surface area contributed by atoms with Gasteiger partial charge in [-0.05, 0) is 12.8 Å². The van der Waals surface area contributed by atoms with E-state index in [0.717, 1.165) is 18.5 Å². The predicted octanol–water partition coefficient (Wildman–Crippen LogP) is 0.0302. The third-order valence-corrected chi connectivity index (χ3v) is 2.80. The summed E-state index contributed by atoms with van der Waals surface area (Å²) < 4.78 is 1.72. The van der Waals surface area contributed by atoms with Crippen LogP contribution in [0.4, 0.5) is 0 Å². The first kappa shape index (κ1) is 9.61. The first-order valence-corrected chi connectivity index (χ1v) is 5.00. The standard InChI is InChI=1S/C9H15N3O2/c13-5-4-12-9(7-2-1-3-7)8(6-14)10-11-12/h7,13-14H,1-6H2. The lowest BCUT2D eigenvalue weighted by Crippen LogP contribution is -2.18. The van der Waals surface area contributed by atoms with E-state index in [2.05, 4.69) is 10.3 Å². The highest BCUT2D eigenvalue weighted by molar-refractivity contribution is 5.17. The fourth-order valence-electron chi connectivity index (χ4n) is 1.86. The molecule has 1 saturated carbocycles. The summed E-state index contributed by atoms with van der Waals surface area (Å²) in [6.45, 7) is 0.476. The van der Waals surface area contributed by atoms with Crippen LogP contribution >= 0.6 is 0 Å². The largest absolute Gasteiger partial charge is 0.394 e. The van der Waals surface area contributed by atoms with Crippen molar-refractivity contribution in [3.8, 4) is 0 Å². The molecule has 0 aromatic carbocycles. The minimum Gasteiger partial charge on any atom is -0.394 e. The van der Waals surface area contributed by atoms with E-state index < -0.39 is 0 Å². The quantitative estimate of drug-likeness (QED) is 0.714. The van der Waals surface area contributed by atoms with Crippen molar-refractivity contribution in [3.63, 3.8) is 0 Å². The van der Waals surface area contributed by atoms with Gasteiger partial charge in [-0.25, -0.2) is 4.68 Å². The van der Waals surface area contributed by atoms with Crippen LogP contribution in [0.15, 0.2) is 0 Å². The van der Waals surface area contributed by atoms with Gasteiger partial charge in [0, 0.05) is 5.92 Å². The molecule has 14 heavy (non-hydrogen) atoms. The molecule has 1 aromatic rings. The fourth-order valence-corrected chi connectivity index (χ4v) is 1.86. The number of hydrogen-bond donors (Lipinski definition) is 2. The molecule has 0 atom stereocenters. The van der Waals surface area contributed by atoms with E-state index in [0.29, 0.717) is 18.2 Å². The van der Waals surface area contributed by atoms with Crippen LogP contribution in [0.5, 0.6) is 0 Å². The van der Waals surface area contributed by atoms with Gasteiger partial charge in [0.15, 0.2) is 0 Å². The molecule has 0 saturated heterocycles. The second-order valence-corrected chi connectivity index (χ2v) is 3.65. The van der Waals surface area contributed by atoms with Crippen molar-refractivity contribution in [2.75, 3.05) is 6.61 Å². The Morgan fingerprint density at radius 1 is 1.36 bits per heavy atom. The number of rotatable bonds is 4. The first-order valence-electron chi connectivity index (χ1n) is 5.00. The molecular weight excluding hydrogens is 182 g/mol. The smallest absolute Gasteiger partial charge is 0.112 e. The Bertz CT molecular complexity index is 307. The monoisotopic (exact) mass is 197 g/mol. The second kappa shape index (κ2) is 4.06. The van der Waals surface area contributed by atoms with E-state index in [1.54, 1.807) is 4.68 Å². The van der Waals surface area contributed by atoms with Gasteiger partial charge in [-0.3, -0.25) is 0 Å². The molecule has 0 unspecified atom stereocenters. The third kappa shape index (κ3) is 1.53. The van der Waals surface area contributed by atoms with Crippen LogP contribution in [0.25, 0.3) is 0 Å². The summed E-state index contributed by atoms with van der Waals surface area (Å²) in [5.41, 5.74) is 1.69. The topological polar surface area (TPSA) is 71.2 Å². The summed E-state index contributed by atoms with van der Waals surface area (Å²) in [6.07, 6.45) is 3.53. The van der Waals surface area contributed by atoms with Crippen molar-refractivity contribution >= 4 is 0 Å². The molecular formula is C9H15N3O2. The lowest BCUT2D eigenvalue weighted by atomic mass is 9.82. The molecule has 0 bridgehead atoms. The maximum absolute atomic E-state index is 9.09. The van der Waals surface area contributed by atoms with E-state index in [4.69, 9.17) is 10.2 Å². The Labute approximate surface area is 82.4 Å². The number of aliphatic hydroxyl groups excluding tert-OH is 2. The molecule has 0 amide bonds. The van der Waals surface area contributed by atoms with E-state index in [1.165, 1.54) is 6.42 Å². The van der Waals surface area contributed by atoms with Gasteiger partial charge in [-0.1, -0.05) is 11.6 Å². The minimum atomic E-state index is -0.0583. The Kier molecular flexibility index (Phi) is 2.79. The second-order valence-electron chi connectivity index (χ2n) is 3.65. The van der Waals surface area contributed by atoms with Crippen LogP contribution in [-0.2, 0) is 13.2 Å². The zero-order valence-corrected chi connectivity index (χ0v) is 8.06. The lowest BCUT2D eigenvalue weighted by Gasteiger charge is -2.26. The minimum absolute atomic E-state index is 0.0583. The summed E-state index contributed by atoms with van der Waals surface area (Å²) in [5.74, 6) is 0.485. The van der Waals surface area contributed by atoms with Gasteiger partial charge in [0.05, 0.1) is 25.5 Å². The van der Waals surface area contributed by atoms with Crippen LogP contribution in [0, 0.1) is 0 Å². The highest BCUT2D eigenvalue weighted by atomic mass is 16.3. The molecule has 78 valence electrons. The number of hydrogen-bond acceptors (Lipinski definition) is 4. The summed E-state index contributed by atoms with van der Waals surface area (Å²) in [4.78, 5) is 0. The number of aliphatic hydroxyl groups is 2. The molecule has 2 rings (SSSR count). The van der Waals surface area contributed by atoms with E-state index in [9.17, 15) is 0 Å². The average Bonchev–Trinajstić information content (AvgIpc) is 2.47. The molecule has 1 fully saturated rings. The maximum atomic E-state index is 9.09. The zero-order chi connectivity index (χ0) is 9.97. The highest BCUT2D eigenvalue weighted by Gasteiger charge is 2.26. The SMILES string of the molecule is OCCn1nnc(CO)c1C1CCC1. The van der Waals surface area contributed by atoms with Gasteiger partial charge < -0.3 is 10.2 Å². The molecule has 1 aliphatic carbocycles. The number of aromatic nitrogens is 3. The summed E-state index contributed by atoms with van der Waals surface area (Å²) in [6, 6.07) is 0. The lowest BCUT2D eigenvalue weighted by molar-refractivity contribution is 0.257. The van der Waals surface area contributed by atoms with Gasteiger partial charge in [-0.15, -0.1) is 5.10 Å². The molecule has 1 heterocycles.